The quantitative estimate of drug-likeness (QED) is 0.112. The number of carboxylic acids is 1. The van der Waals surface area contributed by atoms with Crippen molar-refractivity contribution in [3.8, 4) is 0 Å². The van der Waals surface area contributed by atoms with Crippen LogP contribution in [-0.4, -0.2) is 71.3 Å². The van der Waals surface area contributed by atoms with E-state index in [0.29, 0.717) is 11.3 Å². The number of nitrogens with zero attached hydrogens (tertiary/aromatic N) is 6. The maximum absolute atomic E-state index is 13.0. The molecule has 0 spiro atoms. The third-order valence-corrected chi connectivity index (χ3v) is 8.35. The number of thioether (sulfide) groups is 1. The monoisotopic (exact) mass is 568 g/mol. The van der Waals surface area contributed by atoms with Crippen LogP contribution in [0.3, 0.4) is 0 Å². The SMILES string of the molecule is Nc1nc(/C(=N/OCF)C(=O)N[C@@H]2C(=O)N3C(C(=O)[O-])=C(C[n+]4cc5scc(CO)n5c4)CS[C@H]23)ns1. The van der Waals surface area contributed by atoms with Gasteiger partial charge in [-0.1, -0.05) is 16.5 Å². The van der Waals surface area contributed by atoms with E-state index in [1.54, 1.807) is 21.5 Å². The molecule has 2 atom stereocenters. The van der Waals surface area contributed by atoms with Crippen molar-refractivity contribution in [2.24, 2.45) is 5.16 Å². The summed E-state index contributed by atoms with van der Waals surface area (Å²) in [6.45, 7) is -1.28. The maximum atomic E-state index is 13.0. The van der Waals surface area contributed by atoms with Gasteiger partial charge in [-0.3, -0.25) is 14.5 Å². The Morgan fingerprint density at radius 1 is 1.46 bits per heavy atom. The zero-order chi connectivity index (χ0) is 26.3. The number of nitrogens with two attached hydrogens (primary N) is 1. The van der Waals surface area contributed by atoms with Gasteiger partial charge in [-0.25, -0.2) is 8.96 Å². The number of halogens is 1. The van der Waals surface area contributed by atoms with Crippen molar-refractivity contribution in [1.29, 1.82) is 0 Å². The molecule has 2 aliphatic heterocycles. The van der Waals surface area contributed by atoms with Crippen LogP contribution in [0.4, 0.5) is 9.52 Å². The van der Waals surface area contributed by atoms with Crippen molar-refractivity contribution in [3.05, 3.63) is 40.7 Å². The van der Waals surface area contributed by atoms with Gasteiger partial charge in [0.15, 0.2) is 5.13 Å². The standard InChI is InChI=1S/C19H17FN8O6S3/c20-6-34-24-11(14-23-19(21)37-25-14)15(30)22-12-16(31)28-13(18(32)33)8(4-36-17(12)28)1-26-2-10-27(7-26)9(3-29)5-35-10/h2,5,7,12,17,29H,1,3-4,6H2,(H3-,21,22,23,25,30,32,33)/b24-11-/t12-,17-/m1/s1. The number of aliphatic carboxylic acids is 1. The van der Waals surface area contributed by atoms with Gasteiger partial charge in [0.05, 0.1) is 11.7 Å². The van der Waals surface area contributed by atoms with Crippen molar-refractivity contribution >= 4 is 68.1 Å². The minimum Gasteiger partial charge on any atom is -0.543 e. The molecule has 0 bridgehead atoms. The number of nitrogens with one attached hydrogen (secondary N) is 1. The van der Waals surface area contributed by atoms with Gasteiger partial charge < -0.3 is 30.9 Å². The highest BCUT2D eigenvalue weighted by molar-refractivity contribution is 8.00. The smallest absolute Gasteiger partial charge is 0.278 e. The number of anilines is 1. The zero-order valence-electron chi connectivity index (χ0n) is 18.6. The fourth-order valence-electron chi connectivity index (χ4n) is 3.96. The summed E-state index contributed by atoms with van der Waals surface area (Å²) in [4.78, 5) is 47.9. The molecule has 4 N–H and O–H groups in total. The molecule has 1 saturated heterocycles. The van der Waals surface area contributed by atoms with Gasteiger partial charge in [0, 0.05) is 28.2 Å². The second kappa shape index (κ2) is 10.0. The van der Waals surface area contributed by atoms with Crippen molar-refractivity contribution in [2.75, 3.05) is 18.3 Å². The molecule has 5 rings (SSSR count). The highest BCUT2D eigenvalue weighted by Gasteiger charge is 2.53. The first kappa shape index (κ1) is 25.1. The number of aliphatic hydroxyl groups is 1. The van der Waals surface area contributed by atoms with Crippen LogP contribution < -0.4 is 20.7 Å². The van der Waals surface area contributed by atoms with Crippen molar-refractivity contribution < 1.29 is 38.4 Å². The molecule has 0 saturated carbocycles. The molecular weight excluding hydrogens is 551 g/mol. The number of imidazole rings is 1. The second-order valence-corrected chi connectivity index (χ2v) is 10.5. The lowest BCUT2D eigenvalue weighted by atomic mass is 10.0. The normalized spacial score (nSPS) is 19.7. The van der Waals surface area contributed by atoms with E-state index in [-0.39, 0.29) is 35.6 Å². The van der Waals surface area contributed by atoms with Gasteiger partial charge >= 0.3 is 0 Å². The first-order chi connectivity index (χ1) is 17.8. The average Bonchev–Trinajstić information content (AvgIpc) is 3.58. The predicted octanol–water partition coefficient (Wildman–Crippen LogP) is -2.03. The maximum Gasteiger partial charge on any atom is 0.278 e. The molecule has 2 aliphatic rings. The Kier molecular flexibility index (Phi) is 6.80. The summed E-state index contributed by atoms with van der Waals surface area (Å²) < 4.78 is 19.9. The number of carbonyl (C=O) groups is 3. The average molecular weight is 569 g/mol. The van der Waals surface area contributed by atoms with Gasteiger partial charge in [-0.05, 0) is 0 Å². The molecule has 0 aliphatic carbocycles. The van der Waals surface area contributed by atoms with Crippen LogP contribution in [0, 0.1) is 0 Å². The largest absolute Gasteiger partial charge is 0.543 e. The molecule has 3 aromatic rings. The molecule has 0 aromatic carbocycles. The number of aliphatic hydroxyl groups excluding tert-OH is 1. The van der Waals surface area contributed by atoms with Crippen LogP contribution in [0.1, 0.15) is 11.5 Å². The molecule has 2 amide bonds. The van der Waals surface area contributed by atoms with Crippen LogP contribution in [-0.2, 0) is 32.4 Å². The molecule has 194 valence electrons. The van der Waals surface area contributed by atoms with E-state index in [1.807, 2.05) is 5.38 Å². The number of amides is 2. The van der Waals surface area contributed by atoms with Crippen LogP contribution in [0.25, 0.3) is 4.83 Å². The highest BCUT2D eigenvalue weighted by Crippen LogP contribution is 2.40. The van der Waals surface area contributed by atoms with Crippen LogP contribution >= 0.6 is 34.6 Å². The number of thiazole rings is 1. The number of hydrogen-bond donors (Lipinski definition) is 3. The van der Waals surface area contributed by atoms with Gasteiger partial charge in [0.2, 0.25) is 22.7 Å². The number of aromatic nitrogens is 4. The molecule has 3 aromatic heterocycles. The van der Waals surface area contributed by atoms with Crippen molar-refractivity contribution in [2.45, 2.75) is 24.6 Å². The minimum atomic E-state index is -1.52. The van der Waals surface area contributed by atoms with Gasteiger partial charge in [0.25, 0.3) is 18.7 Å². The summed E-state index contributed by atoms with van der Waals surface area (Å²) in [7, 11) is 0. The number of carboxylic acid groups (broad SMARTS) is 1. The number of β-lactam (4-membered cyclic amide) rings is 1. The van der Waals surface area contributed by atoms with E-state index in [0.717, 1.165) is 21.3 Å². The lowest BCUT2D eigenvalue weighted by Gasteiger charge is -2.50. The lowest BCUT2D eigenvalue weighted by molar-refractivity contribution is -0.687. The van der Waals surface area contributed by atoms with Gasteiger partial charge in [-0.2, -0.15) is 13.8 Å². The summed E-state index contributed by atoms with van der Waals surface area (Å²) >= 11 is 3.47. The molecule has 14 nitrogen and oxygen atoms in total. The second-order valence-electron chi connectivity index (χ2n) is 7.75. The van der Waals surface area contributed by atoms with Crippen LogP contribution in [0.2, 0.25) is 0 Å². The van der Waals surface area contributed by atoms with Gasteiger partial charge in [0.1, 0.15) is 36.5 Å². The van der Waals surface area contributed by atoms with E-state index >= 15 is 0 Å². The van der Waals surface area contributed by atoms with Crippen molar-refractivity contribution in [1.82, 2.24) is 24.0 Å². The number of nitrogen functional groups attached to an aromatic ring is 1. The number of fused-ring (bicyclic) bond motifs is 2. The number of hydrogen-bond acceptors (Lipinski definition) is 13. The Balaban J connectivity index is 1.35. The number of rotatable bonds is 9. The molecule has 18 heteroatoms. The van der Waals surface area contributed by atoms with Crippen molar-refractivity contribution in [3.63, 3.8) is 0 Å². The first-order valence-electron chi connectivity index (χ1n) is 10.4. The molecule has 37 heavy (non-hydrogen) atoms. The predicted molar refractivity (Wildman–Crippen MR) is 126 cm³/mol. The summed E-state index contributed by atoms with van der Waals surface area (Å²) in [5.41, 5.74) is 5.94. The zero-order valence-corrected chi connectivity index (χ0v) is 21.0. The van der Waals surface area contributed by atoms with E-state index in [9.17, 15) is 29.0 Å². The molecule has 1 fully saturated rings. The summed E-state index contributed by atoms with van der Waals surface area (Å²) in [5, 5.41) is 28.5. The number of alkyl halides is 1. The fourth-order valence-corrected chi connectivity index (χ4v) is 6.65. The lowest BCUT2D eigenvalue weighted by Crippen LogP contribution is -2.71. The Hall–Kier alpha value is -3.61. The van der Waals surface area contributed by atoms with E-state index < -0.39 is 41.8 Å². The summed E-state index contributed by atoms with van der Waals surface area (Å²) in [6.07, 6.45) is 3.54. The third kappa shape index (κ3) is 4.52. The fraction of sp³-hybridized carbons (Fsp3) is 0.316. The summed E-state index contributed by atoms with van der Waals surface area (Å²) in [6, 6.07) is -1.08. The molecule has 0 unspecified atom stereocenters. The molecular formula is C19H17FN8O6S3. The topological polar surface area (TPSA) is 191 Å². The Labute approximate surface area is 219 Å². The Morgan fingerprint density at radius 3 is 2.95 bits per heavy atom. The van der Waals surface area contributed by atoms with Crippen LogP contribution in [0.15, 0.2) is 34.3 Å². The van der Waals surface area contributed by atoms with Gasteiger partial charge in [-0.15, -0.1) is 11.8 Å². The molecule has 5 heterocycles. The number of carbonyl (C=O) groups excluding carboxylic acids is 3. The Morgan fingerprint density at radius 2 is 2.27 bits per heavy atom. The first-order valence-corrected chi connectivity index (χ1v) is 13.1. The van der Waals surface area contributed by atoms with E-state index in [4.69, 9.17) is 5.73 Å². The van der Waals surface area contributed by atoms with Crippen LogP contribution in [0.5, 0.6) is 0 Å². The van der Waals surface area contributed by atoms with E-state index in [2.05, 4.69) is 24.7 Å². The summed E-state index contributed by atoms with van der Waals surface area (Å²) in [5.74, 6) is -3.05. The Bertz CT molecular complexity index is 1460. The third-order valence-electron chi connectivity index (χ3n) is 5.54. The number of oxime groups is 1. The van der Waals surface area contributed by atoms with E-state index in [1.165, 1.54) is 23.1 Å². The molecule has 0 radical (unpaired) electrons. The highest BCUT2D eigenvalue weighted by atomic mass is 32.2. The minimum absolute atomic E-state index is 0.0364.